The Labute approximate surface area is 361 Å². The summed E-state index contributed by atoms with van der Waals surface area (Å²) in [4.78, 5) is 81.6. The first-order chi connectivity index (χ1) is 29.8. The van der Waals surface area contributed by atoms with Crippen LogP contribution in [0.5, 0.6) is 0 Å². The van der Waals surface area contributed by atoms with Crippen LogP contribution in [0.1, 0.15) is 96.2 Å². The molecule has 14 nitrogen and oxygen atoms in total. The van der Waals surface area contributed by atoms with Crippen LogP contribution in [0.4, 0.5) is 9.59 Å². The second kappa shape index (κ2) is 17.7. The number of alkyl carbamates (subject to hydrolysis) is 2. The number of methoxy groups -OCH3 is 2. The van der Waals surface area contributed by atoms with Crippen molar-refractivity contribution in [2.24, 2.45) is 17.8 Å². The first kappa shape index (κ1) is 42.5. The zero-order chi connectivity index (χ0) is 43.8. The van der Waals surface area contributed by atoms with Crippen molar-refractivity contribution in [3.63, 3.8) is 0 Å². The molecule has 3 aliphatic rings. The highest BCUT2D eigenvalue weighted by Gasteiger charge is 2.48. The Balaban J connectivity index is 1.04. The fourth-order valence-electron chi connectivity index (χ4n) is 9.99. The molecule has 1 saturated carbocycles. The molecule has 8 rings (SSSR count). The van der Waals surface area contributed by atoms with E-state index in [1.165, 1.54) is 14.2 Å². The number of benzene rings is 3. The Bertz CT molecular complexity index is 2560. The number of carbonyl (C=O) groups excluding carboxylic acids is 4. The number of pyridine rings is 1. The van der Waals surface area contributed by atoms with Crippen molar-refractivity contribution >= 4 is 45.7 Å². The molecule has 0 bridgehead atoms. The lowest BCUT2D eigenvalue weighted by atomic mass is 9.84. The summed E-state index contributed by atoms with van der Waals surface area (Å²) in [6.07, 6.45) is 6.94. The number of fused-ring (bicyclic) bond motifs is 3. The average molecular weight is 844 g/mol. The Morgan fingerprint density at radius 3 is 2.05 bits per heavy atom. The number of likely N-dealkylation sites (tertiary alicyclic amines) is 2. The molecule has 0 spiro atoms. The largest absolute Gasteiger partial charge is 0.453 e. The summed E-state index contributed by atoms with van der Waals surface area (Å²) in [6.45, 7) is 8.20. The van der Waals surface area contributed by atoms with Gasteiger partial charge in [-0.3, -0.25) is 14.4 Å². The smallest absolute Gasteiger partial charge is 0.407 e. The van der Waals surface area contributed by atoms with Gasteiger partial charge in [0.05, 0.1) is 43.7 Å². The van der Waals surface area contributed by atoms with Gasteiger partial charge in [0.15, 0.2) is 5.43 Å². The number of ether oxygens (including phenoxy) is 2. The summed E-state index contributed by atoms with van der Waals surface area (Å²) < 4.78 is 9.65. The number of nitrogens with one attached hydrogen (secondary N) is 4. The number of carbonyl (C=O) groups is 4. The molecule has 1 aliphatic carbocycles. The second-order valence-electron chi connectivity index (χ2n) is 17.8. The highest BCUT2D eigenvalue weighted by molar-refractivity contribution is 5.92. The molecule has 6 atom stereocenters. The van der Waals surface area contributed by atoms with Crippen LogP contribution in [0.2, 0.25) is 0 Å². The summed E-state index contributed by atoms with van der Waals surface area (Å²) >= 11 is 0. The Kier molecular flexibility index (Phi) is 12.1. The number of amides is 4. The van der Waals surface area contributed by atoms with E-state index in [9.17, 15) is 24.0 Å². The van der Waals surface area contributed by atoms with Gasteiger partial charge in [-0.05, 0) is 96.0 Å². The SMILES string of the molecule is COC(=O)N[C@H](C(=O)N1CCC[C@H]1c1ncc(-c2ccc3cc(-c4ccc5c(=O)cc(C6C[C@@H]7CCCC[C@@H]7N6C(=O)[C@@H](NC(=O)OC)C(C)C)[nH]c5c4)ccc3c2)[nH]1)C(C)C. The number of rotatable bonds is 10. The molecule has 4 heterocycles. The van der Waals surface area contributed by atoms with Crippen LogP contribution < -0.4 is 16.1 Å². The number of hydrogen-bond donors (Lipinski definition) is 4. The van der Waals surface area contributed by atoms with Crippen molar-refractivity contribution in [2.45, 2.75) is 103 Å². The van der Waals surface area contributed by atoms with Gasteiger partial charge >= 0.3 is 12.2 Å². The van der Waals surface area contributed by atoms with Crippen molar-refractivity contribution in [2.75, 3.05) is 20.8 Å². The molecule has 2 saturated heterocycles. The average Bonchev–Trinajstić information content (AvgIpc) is 4.05. The van der Waals surface area contributed by atoms with Gasteiger partial charge in [0, 0.05) is 35.3 Å². The predicted octanol–water partition coefficient (Wildman–Crippen LogP) is 8.00. The molecule has 1 unspecified atom stereocenters. The summed E-state index contributed by atoms with van der Waals surface area (Å²) in [5, 5.41) is 8.14. The van der Waals surface area contributed by atoms with Crippen molar-refractivity contribution in [1.29, 1.82) is 0 Å². The molecule has 2 aliphatic heterocycles. The van der Waals surface area contributed by atoms with Crippen LogP contribution >= 0.6 is 0 Å². The van der Waals surface area contributed by atoms with Crippen LogP contribution in [0.25, 0.3) is 44.1 Å². The van der Waals surface area contributed by atoms with E-state index in [-0.39, 0.29) is 47.2 Å². The minimum atomic E-state index is -0.757. The topological polar surface area (TPSA) is 179 Å². The number of hydrogen-bond acceptors (Lipinski definition) is 8. The highest BCUT2D eigenvalue weighted by Crippen LogP contribution is 2.46. The summed E-state index contributed by atoms with van der Waals surface area (Å²) in [7, 11) is 2.58. The van der Waals surface area contributed by atoms with E-state index in [2.05, 4.69) is 57.0 Å². The fraction of sp³-hybridized carbons (Fsp3) is 0.458. The first-order valence-electron chi connectivity index (χ1n) is 21.9. The van der Waals surface area contributed by atoms with Gasteiger partial charge in [-0.15, -0.1) is 0 Å². The van der Waals surface area contributed by atoms with E-state index in [0.717, 1.165) is 78.1 Å². The van der Waals surface area contributed by atoms with Gasteiger partial charge in [-0.25, -0.2) is 14.6 Å². The number of nitrogens with zero attached hydrogens (tertiary/aromatic N) is 3. The van der Waals surface area contributed by atoms with Gasteiger partial charge in [-0.2, -0.15) is 0 Å². The van der Waals surface area contributed by atoms with Gasteiger partial charge in [0.2, 0.25) is 11.8 Å². The maximum atomic E-state index is 14.4. The summed E-state index contributed by atoms with van der Waals surface area (Å²) in [5.41, 5.74) is 5.04. The molecule has 14 heteroatoms. The quantitative estimate of drug-likeness (QED) is 0.109. The molecule has 4 N–H and O–H groups in total. The standard InChI is InChI=1S/C48H57N7O7/c1-26(2)42(52-47(59)61-5)45(57)54-19-9-12-39(54)44-49-25-37(51-44)32-16-15-28-20-29(13-14-30(28)21-32)31-17-18-34-35(22-31)50-36(24-41(34)56)40-23-33-10-7-8-11-38(33)55(40)46(58)43(27(3)4)53-48(60)62-6/h13-18,20-22,24-27,33,38-40,42-43H,7-12,19,23H2,1-6H3,(H,49,51)(H,50,56)(H,52,59)(H,53,60)/t33-,38-,39-,40?,42-,43-/m0/s1. The zero-order valence-electron chi connectivity index (χ0n) is 36.3. The minimum absolute atomic E-state index is 0.0371. The van der Waals surface area contributed by atoms with Gasteiger partial charge < -0.3 is 39.9 Å². The lowest BCUT2D eigenvalue weighted by molar-refractivity contribution is -0.138. The maximum absolute atomic E-state index is 14.4. The first-order valence-corrected chi connectivity index (χ1v) is 21.9. The lowest BCUT2D eigenvalue weighted by Crippen LogP contribution is -2.53. The monoisotopic (exact) mass is 843 g/mol. The van der Waals surface area contributed by atoms with Crippen LogP contribution in [0, 0.1) is 17.8 Å². The van der Waals surface area contributed by atoms with E-state index in [1.807, 2.05) is 50.8 Å². The molecular formula is C48H57N7O7. The third-order valence-electron chi connectivity index (χ3n) is 13.3. The summed E-state index contributed by atoms with van der Waals surface area (Å²) in [5.74, 6) is 0.443. The van der Waals surface area contributed by atoms with Gasteiger partial charge in [-0.1, -0.05) is 70.9 Å². The number of aromatic nitrogens is 3. The highest BCUT2D eigenvalue weighted by atomic mass is 16.5. The Hall–Kier alpha value is -6.18. The number of H-pyrrole nitrogens is 2. The molecule has 2 aromatic heterocycles. The van der Waals surface area contributed by atoms with Gasteiger partial charge in [0.25, 0.3) is 0 Å². The van der Waals surface area contributed by atoms with Gasteiger partial charge in [0.1, 0.15) is 17.9 Å². The van der Waals surface area contributed by atoms with Crippen LogP contribution in [0.15, 0.2) is 71.7 Å². The number of imidazole rings is 1. The Morgan fingerprint density at radius 2 is 1.35 bits per heavy atom. The van der Waals surface area contributed by atoms with Crippen molar-refractivity contribution in [3.05, 3.63) is 88.6 Å². The third-order valence-corrected chi connectivity index (χ3v) is 13.3. The van der Waals surface area contributed by atoms with E-state index in [4.69, 9.17) is 14.5 Å². The molecule has 5 aromatic rings. The Morgan fingerprint density at radius 1 is 0.726 bits per heavy atom. The minimum Gasteiger partial charge on any atom is -0.453 e. The van der Waals surface area contributed by atoms with E-state index in [0.29, 0.717) is 34.9 Å². The molecule has 0 radical (unpaired) electrons. The van der Waals surface area contributed by atoms with Crippen LogP contribution in [-0.4, -0.2) is 87.6 Å². The fourth-order valence-corrected chi connectivity index (χ4v) is 9.99. The second-order valence-corrected chi connectivity index (χ2v) is 17.8. The normalized spacial score (nSPS) is 21.0. The zero-order valence-corrected chi connectivity index (χ0v) is 36.3. The maximum Gasteiger partial charge on any atom is 0.407 e. The molecule has 3 fully saturated rings. The molecule has 4 amide bonds. The molecular weight excluding hydrogens is 787 g/mol. The molecule has 3 aromatic carbocycles. The van der Waals surface area contributed by atoms with Crippen molar-refractivity contribution < 1.29 is 28.7 Å². The van der Waals surface area contributed by atoms with E-state index < -0.39 is 24.3 Å². The van der Waals surface area contributed by atoms with E-state index in [1.54, 1.807) is 17.2 Å². The molecule has 326 valence electrons. The number of aromatic amines is 2. The molecule has 62 heavy (non-hydrogen) atoms. The van der Waals surface area contributed by atoms with Crippen molar-refractivity contribution in [1.82, 2.24) is 35.4 Å². The van der Waals surface area contributed by atoms with Crippen LogP contribution in [0.3, 0.4) is 0 Å². The third kappa shape index (κ3) is 8.26. The summed E-state index contributed by atoms with van der Waals surface area (Å²) in [6, 6.07) is 18.1. The lowest BCUT2D eigenvalue weighted by Gasteiger charge is -2.37. The van der Waals surface area contributed by atoms with E-state index >= 15 is 0 Å². The van der Waals surface area contributed by atoms with Crippen molar-refractivity contribution in [3.8, 4) is 22.4 Å². The predicted molar refractivity (Wildman–Crippen MR) is 237 cm³/mol. The van der Waals surface area contributed by atoms with Crippen LogP contribution in [-0.2, 0) is 19.1 Å².